The molecule has 6 heteroatoms. The minimum Gasteiger partial charge on any atom is -0.373 e. The van der Waals surface area contributed by atoms with E-state index >= 15 is 0 Å². The number of carbonyl (C=O) groups excluding carboxylic acids is 1. The maximum Gasteiger partial charge on any atom is 0.223 e. The Morgan fingerprint density at radius 2 is 2.22 bits per heavy atom. The van der Waals surface area contributed by atoms with E-state index in [4.69, 9.17) is 4.74 Å². The SMILES string of the molecule is CC(=O)Nc1nc(CN2C[C@@H](C)O[C@H](C)C2)cs1. The number of ether oxygens (including phenoxy) is 1. The molecule has 5 nitrogen and oxygen atoms in total. The summed E-state index contributed by atoms with van der Waals surface area (Å²) >= 11 is 1.47. The summed E-state index contributed by atoms with van der Waals surface area (Å²) in [5.74, 6) is -0.0792. The first-order valence-electron chi connectivity index (χ1n) is 6.12. The highest BCUT2D eigenvalue weighted by Crippen LogP contribution is 2.19. The van der Waals surface area contributed by atoms with Crippen LogP contribution in [0, 0.1) is 0 Å². The van der Waals surface area contributed by atoms with Crippen molar-refractivity contribution in [1.82, 2.24) is 9.88 Å². The number of nitrogens with one attached hydrogen (secondary N) is 1. The van der Waals surface area contributed by atoms with Crippen LogP contribution in [0.4, 0.5) is 5.13 Å². The van der Waals surface area contributed by atoms with Gasteiger partial charge in [-0.2, -0.15) is 0 Å². The van der Waals surface area contributed by atoms with Crippen molar-refractivity contribution in [3.05, 3.63) is 11.1 Å². The molecule has 100 valence electrons. The Morgan fingerprint density at radius 1 is 1.56 bits per heavy atom. The minimum absolute atomic E-state index is 0.0792. The molecule has 1 fully saturated rings. The van der Waals surface area contributed by atoms with E-state index in [0.29, 0.717) is 5.13 Å². The molecule has 2 rings (SSSR count). The van der Waals surface area contributed by atoms with Crippen LogP contribution >= 0.6 is 11.3 Å². The van der Waals surface area contributed by atoms with E-state index in [9.17, 15) is 4.79 Å². The lowest BCUT2D eigenvalue weighted by Crippen LogP contribution is -2.44. The third kappa shape index (κ3) is 3.76. The number of thiazole rings is 1. The van der Waals surface area contributed by atoms with Crippen molar-refractivity contribution >= 4 is 22.4 Å². The summed E-state index contributed by atoms with van der Waals surface area (Å²) in [6.07, 6.45) is 0.532. The summed E-state index contributed by atoms with van der Waals surface area (Å²) in [6, 6.07) is 0. The molecule has 18 heavy (non-hydrogen) atoms. The molecule has 1 N–H and O–H groups in total. The van der Waals surface area contributed by atoms with Gasteiger partial charge in [0, 0.05) is 31.9 Å². The summed E-state index contributed by atoms with van der Waals surface area (Å²) < 4.78 is 5.70. The summed E-state index contributed by atoms with van der Waals surface area (Å²) in [4.78, 5) is 17.7. The standard InChI is InChI=1S/C12H19N3O2S/c1-8-4-15(5-9(2)17-8)6-11-7-18-12(14-11)13-10(3)16/h7-9H,4-6H2,1-3H3,(H,13,14,16)/t8-,9-/m1/s1. The molecule has 0 aliphatic carbocycles. The Kier molecular flexibility index (Phi) is 4.31. The van der Waals surface area contributed by atoms with Crippen LogP contribution in [0.2, 0.25) is 0 Å². The zero-order chi connectivity index (χ0) is 13.1. The quantitative estimate of drug-likeness (QED) is 0.907. The van der Waals surface area contributed by atoms with Gasteiger partial charge in [0.15, 0.2) is 5.13 Å². The van der Waals surface area contributed by atoms with Crippen LogP contribution in [0.1, 0.15) is 26.5 Å². The molecule has 1 aliphatic rings. The molecule has 1 amide bonds. The van der Waals surface area contributed by atoms with Crippen LogP contribution in [0.5, 0.6) is 0 Å². The molecular formula is C12H19N3O2S. The number of nitrogens with zero attached hydrogens (tertiary/aromatic N) is 2. The summed E-state index contributed by atoms with van der Waals surface area (Å²) in [5, 5.41) is 5.37. The summed E-state index contributed by atoms with van der Waals surface area (Å²) in [6.45, 7) is 8.34. The van der Waals surface area contributed by atoms with Crippen LogP contribution < -0.4 is 5.32 Å². The van der Waals surface area contributed by atoms with Gasteiger partial charge in [0.2, 0.25) is 5.91 Å². The Hall–Kier alpha value is -0.980. The van der Waals surface area contributed by atoms with Gasteiger partial charge in [-0.3, -0.25) is 9.69 Å². The third-order valence-corrected chi connectivity index (χ3v) is 3.52. The van der Waals surface area contributed by atoms with E-state index in [1.165, 1.54) is 18.3 Å². The van der Waals surface area contributed by atoms with Gasteiger partial charge in [-0.15, -0.1) is 11.3 Å². The summed E-state index contributed by atoms with van der Waals surface area (Å²) in [5.41, 5.74) is 1.00. The zero-order valence-corrected chi connectivity index (χ0v) is 11.8. The number of amides is 1. The van der Waals surface area contributed by atoms with E-state index in [0.717, 1.165) is 25.3 Å². The average molecular weight is 269 g/mol. The van der Waals surface area contributed by atoms with Crippen molar-refractivity contribution in [3.8, 4) is 0 Å². The van der Waals surface area contributed by atoms with Crippen LogP contribution in [-0.2, 0) is 16.1 Å². The first-order valence-corrected chi connectivity index (χ1v) is 7.00. The fraction of sp³-hybridized carbons (Fsp3) is 0.667. The summed E-state index contributed by atoms with van der Waals surface area (Å²) in [7, 11) is 0. The van der Waals surface area contributed by atoms with Crippen LogP contribution in [-0.4, -0.2) is 41.1 Å². The topological polar surface area (TPSA) is 54.5 Å². The van der Waals surface area contributed by atoms with Crippen LogP contribution in [0.25, 0.3) is 0 Å². The minimum atomic E-state index is -0.0792. The van der Waals surface area contributed by atoms with Crippen molar-refractivity contribution < 1.29 is 9.53 Å². The molecule has 1 aliphatic heterocycles. The number of hydrogen-bond donors (Lipinski definition) is 1. The Morgan fingerprint density at radius 3 is 2.83 bits per heavy atom. The Balaban J connectivity index is 1.92. The van der Waals surface area contributed by atoms with Gasteiger partial charge in [0.1, 0.15) is 0 Å². The molecule has 2 heterocycles. The molecule has 0 unspecified atom stereocenters. The second kappa shape index (κ2) is 5.77. The van der Waals surface area contributed by atoms with Crippen LogP contribution in [0.3, 0.4) is 0 Å². The second-order valence-corrected chi connectivity index (χ2v) is 5.63. The van der Waals surface area contributed by atoms with Crippen LogP contribution in [0.15, 0.2) is 5.38 Å². The fourth-order valence-electron chi connectivity index (χ4n) is 2.23. The highest BCUT2D eigenvalue weighted by atomic mass is 32.1. The number of aromatic nitrogens is 1. The largest absolute Gasteiger partial charge is 0.373 e. The number of morpholine rings is 1. The normalized spacial score (nSPS) is 25.1. The number of hydrogen-bond acceptors (Lipinski definition) is 5. The van der Waals surface area contributed by atoms with E-state index in [1.807, 2.05) is 5.38 Å². The van der Waals surface area contributed by atoms with Gasteiger partial charge in [-0.25, -0.2) is 4.98 Å². The molecule has 1 saturated heterocycles. The third-order valence-electron chi connectivity index (χ3n) is 2.72. The molecule has 1 aromatic rings. The number of rotatable bonds is 3. The van der Waals surface area contributed by atoms with Gasteiger partial charge in [0.05, 0.1) is 17.9 Å². The van der Waals surface area contributed by atoms with Crippen molar-refractivity contribution in [2.24, 2.45) is 0 Å². The van der Waals surface area contributed by atoms with Gasteiger partial charge >= 0.3 is 0 Å². The van der Waals surface area contributed by atoms with E-state index in [2.05, 4.69) is 29.0 Å². The predicted octanol–water partition coefficient (Wildman–Crippen LogP) is 1.71. The van der Waals surface area contributed by atoms with Gasteiger partial charge in [-0.05, 0) is 13.8 Å². The average Bonchev–Trinajstić information content (AvgIpc) is 2.62. The highest BCUT2D eigenvalue weighted by Gasteiger charge is 2.22. The maximum absolute atomic E-state index is 10.9. The van der Waals surface area contributed by atoms with Gasteiger partial charge in [0.25, 0.3) is 0 Å². The molecule has 0 saturated carbocycles. The molecule has 1 aromatic heterocycles. The lowest BCUT2D eigenvalue weighted by Gasteiger charge is -2.34. The molecule has 0 radical (unpaired) electrons. The lowest BCUT2D eigenvalue weighted by atomic mass is 10.2. The Bertz CT molecular complexity index is 411. The smallest absolute Gasteiger partial charge is 0.223 e. The van der Waals surface area contributed by atoms with Crippen molar-refractivity contribution in [3.63, 3.8) is 0 Å². The van der Waals surface area contributed by atoms with E-state index in [-0.39, 0.29) is 18.1 Å². The predicted molar refractivity (Wildman–Crippen MR) is 71.7 cm³/mol. The van der Waals surface area contributed by atoms with Gasteiger partial charge < -0.3 is 10.1 Å². The fourth-order valence-corrected chi connectivity index (χ4v) is 2.98. The molecule has 0 spiro atoms. The van der Waals surface area contributed by atoms with Gasteiger partial charge in [-0.1, -0.05) is 0 Å². The number of carbonyl (C=O) groups is 1. The van der Waals surface area contributed by atoms with E-state index in [1.54, 1.807) is 0 Å². The highest BCUT2D eigenvalue weighted by molar-refractivity contribution is 7.13. The van der Waals surface area contributed by atoms with Crippen molar-refractivity contribution in [1.29, 1.82) is 0 Å². The zero-order valence-electron chi connectivity index (χ0n) is 11.0. The number of anilines is 1. The second-order valence-electron chi connectivity index (χ2n) is 4.78. The lowest BCUT2D eigenvalue weighted by molar-refractivity contribution is -0.114. The maximum atomic E-state index is 10.9. The first-order chi connectivity index (χ1) is 8.52. The molecule has 0 bridgehead atoms. The molecule has 0 aromatic carbocycles. The molecular weight excluding hydrogens is 250 g/mol. The Labute approximate surface area is 111 Å². The van der Waals surface area contributed by atoms with Crippen molar-refractivity contribution in [2.75, 3.05) is 18.4 Å². The monoisotopic (exact) mass is 269 g/mol. The molecule has 2 atom stereocenters. The van der Waals surface area contributed by atoms with Crippen molar-refractivity contribution in [2.45, 2.75) is 39.5 Å². The van der Waals surface area contributed by atoms with E-state index < -0.39 is 0 Å². The first kappa shape index (κ1) is 13.5.